The van der Waals surface area contributed by atoms with E-state index in [9.17, 15) is 4.79 Å². The van der Waals surface area contributed by atoms with Gasteiger partial charge in [0.2, 0.25) is 5.89 Å². The van der Waals surface area contributed by atoms with Gasteiger partial charge >= 0.3 is 0 Å². The Kier molecular flexibility index (Phi) is 3.08. The molecule has 0 aliphatic carbocycles. The highest BCUT2D eigenvalue weighted by atomic mass is 16.4. The minimum atomic E-state index is -0.103. The first kappa shape index (κ1) is 13.5. The molecule has 0 aliphatic heterocycles. The molecule has 0 fully saturated rings. The lowest BCUT2D eigenvalue weighted by Crippen LogP contribution is -2.22. The highest BCUT2D eigenvalue weighted by Gasteiger charge is 2.13. The van der Waals surface area contributed by atoms with Gasteiger partial charge in [-0.15, -0.1) is 0 Å². The third-order valence-electron chi connectivity index (χ3n) is 3.77. The first-order valence-corrected chi connectivity index (χ1v) is 7.27. The Hall–Kier alpha value is -3.15. The van der Waals surface area contributed by atoms with E-state index in [2.05, 4.69) is 10.1 Å². The molecule has 0 amide bonds. The molecule has 0 saturated heterocycles. The van der Waals surface area contributed by atoms with E-state index >= 15 is 0 Å². The van der Waals surface area contributed by atoms with Gasteiger partial charge in [0.1, 0.15) is 17.0 Å². The van der Waals surface area contributed by atoms with Crippen molar-refractivity contribution in [3.8, 4) is 11.5 Å². The molecule has 23 heavy (non-hydrogen) atoms. The summed E-state index contributed by atoms with van der Waals surface area (Å²) in [6.07, 6.45) is 5.07. The third kappa shape index (κ3) is 2.34. The third-order valence-corrected chi connectivity index (χ3v) is 3.77. The minimum absolute atomic E-state index is 0.103. The molecule has 3 heterocycles. The molecule has 0 atom stereocenters. The standard InChI is InChI=1S/C17H14N4O2/c1-12-14(19-16(23-12)13-5-3-2-4-6-13)11-20-9-10-21-15(17(20)22)7-8-18-21/h2-10H,11H2,1H3. The van der Waals surface area contributed by atoms with Crippen LogP contribution in [0.1, 0.15) is 11.5 Å². The molecule has 6 nitrogen and oxygen atoms in total. The zero-order valence-corrected chi connectivity index (χ0v) is 12.5. The second-order valence-electron chi connectivity index (χ2n) is 5.28. The molecule has 0 bridgehead atoms. The van der Waals surface area contributed by atoms with E-state index in [-0.39, 0.29) is 5.56 Å². The zero-order valence-electron chi connectivity index (χ0n) is 12.5. The summed E-state index contributed by atoms with van der Waals surface area (Å²) < 4.78 is 8.91. The summed E-state index contributed by atoms with van der Waals surface area (Å²) >= 11 is 0. The Morgan fingerprint density at radius 2 is 1.96 bits per heavy atom. The highest BCUT2D eigenvalue weighted by molar-refractivity contribution is 5.53. The van der Waals surface area contributed by atoms with Crippen LogP contribution in [-0.2, 0) is 6.54 Å². The number of aryl methyl sites for hydroxylation is 1. The van der Waals surface area contributed by atoms with Crippen molar-refractivity contribution in [2.45, 2.75) is 13.5 Å². The van der Waals surface area contributed by atoms with Crippen molar-refractivity contribution in [3.05, 3.63) is 76.8 Å². The van der Waals surface area contributed by atoms with Gasteiger partial charge in [-0.25, -0.2) is 9.50 Å². The van der Waals surface area contributed by atoms with Crippen molar-refractivity contribution in [1.82, 2.24) is 19.2 Å². The quantitative estimate of drug-likeness (QED) is 0.583. The molecule has 6 heteroatoms. The number of aromatic nitrogens is 4. The van der Waals surface area contributed by atoms with Gasteiger partial charge < -0.3 is 8.98 Å². The van der Waals surface area contributed by atoms with Crippen LogP contribution in [0, 0.1) is 6.92 Å². The average Bonchev–Trinajstić information content (AvgIpc) is 3.19. The normalized spacial score (nSPS) is 11.2. The summed E-state index contributed by atoms with van der Waals surface area (Å²) in [5.74, 6) is 1.28. The average molecular weight is 306 g/mol. The van der Waals surface area contributed by atoms with Gasteiger partial charge in [0.05, 0.1) is 12.7 Å². The van der Waals surface area contributed by atoms with Crippen LogP contribution < -0.4 is 5.56 Å². The van der Waals surface area contributed by atoms with E-state index in [4.69, 9.17) is 4.42 Å². The van der Waals surface area contributed by atoms with Crippen LogP contribution in [0.3, 0.4) is 0 Å². The molecule has 0 spiro atoms. The van der Waals surface area contributed by atoms with Gasteiger partial charge in [-0.2, -0.15) is 5.10 Å². The number of fused-ring (bicyclic) bond motifs is 1. The van der Waals surface area contributed by atoms with Crippen LogP contribution in [0.15, 0.2) is 64.2 Å². The second kappa shape index (κ2) is 5.24. The summed E-state index contributed by atoms with van der Waals surface area (Å²) in [6.45, 7) is 2.22. The van der Waals surface area contributed by atoms with Crippen molar-refractivity contribution in [2.75, 3.05) is 0 Å². The molecule has 0 N–H and O–H groups in total. The maximum absolute atomic E-state index is 12.4. The zero-order chi connectivity index (χ0) is 15.8. The van der Waals surface area contributed by atoms with E-state index < -0.39 is 0 Å². The van der Waals surface area contributed by atoms with Crippen molar-refractivity contribution in [3.63, 3.8) is 0 Å². The van der Waals surface area contributed by atoms with E-state index in [1.54, 1.807) is 33.7 Å². The fourth-order valence-electron chi connectivity index (χ4n) is 2.53. The van der Waals surface area contributed by atoms with Crippen LogP contribution in [0.25, 0.3) is 17.0 Å². The molecule has 0 saturated carbocycles. The van der Waals surface area contributed by atoms with Crippen molar-refractivity contribution < 1.29 is 4.42 Å². The number of hydrogen-bond acceptors (Lipinski definition) is 4. The predicted molar refractivity (Wildman–Crippen MR) is 85.2 cm³/mol. The van der Waals surface area contributed by atoms with Gasteiger partial charge in [0.15, 0.2) is 0 Å². The predicted octanol–water partition coefficient (Wildman–Crippen LogP) is 2.51. The van der Waals surface area contributed by atoms with Crippen LogP contribution in [0.5, 0.6) is 0 Å². The summed E-state index contributed by atoms with van der Waals surface area (Å²) in [5.41, 5.74) is 2.10. The van der Waals surface area contributed by atoms with Gasteiger partial charge in [-0.1, -0.05) is 18.2 Å². The molecule has 4 aromatic rings. The second-order valence-corrected chi connectivity index (χ2v) is 5.28. The lowest BCUT2D eigenvalue weighted by Gasteiger charge is -2.03. The topological polar surface area (TPSA) is 65.3 Å². The molecule has 3 aromatic heterocycles. The Morgan fingerprint density at radius 1 is 1.13 bits per heavy atom. The van der Waals surface area contributed by atoms with Crippen molar-refractivity contribution in [2.24, 2.45) is 0 Å². The fourth-order valence-corrected chi connectivity index (χ4v) is 2.53. The molecular weight excluding hydrogens is 292 g/mol. The molecule has 0 unspecified atom stereocenters. The number of nitrogens with zero attached hydrogens (tertiary/aromatic N) is 4. The monoisotopic (exact) mass is 306 g/mol. The lowest BCUT2D eigenvalue weighted by atomic mass is 10.2. The maximum Gasteiger partial charge on any atom is 0.276 e. The van der Waals surface area contributed by atoms with Gasteiger partial charge in [-0.3, -0.25) is 4.79 Å². The first-order valence-electron chi connectivity index (χ1n) is 7.27. The highest BCUT2D eigenvalue weighted by Crippen LogP contribution is 2.21. The van der Waals surface area contributed by atoms with Gasteiger partial charge in [-0.05, 0) is 25.1 Å². The van der Waals surface area contributed by atoms with Crippen LogP contribution >= 0.6 is 0 Å². The van der Waals surface area contributed by atoms with E-state index in [1.165, 1.54) is 0 Å². The first-order chi connectivity index (χ1) is 11.2. The van der Waals surface area contributed by atoms with Crippen LogP contribution in [0.2, 0.25) is 0 Å². The van der Waals surface area contributed by atoms with Crippen molar-refractivity contribution >= 4 is 5.52 Å². The molecule has 1 aromatic carbocycles. The molecule has 0 radical (unpaired) electrons. The number of rotatable bonds is 3. The Balaban J connectivity index is 1.72. The molecule has 114 valence electrons. The van der Waals surface area contributed by atoms with Gasteiger partial charge in [0.25, 0.3) is 5.56 Å². The largest absolute Gasteiger partial charge is 0.441 e. The minimum Gasteiger partial charge on any atom is -0.441 e. The molecule has 4 rings (SSSR count). The summed E-state index contributed by atoms with van der Waals surface area (Å²) in [6, 6.07) is 11.4. The number of oxazole rings is 1. The van der Waals surface area contributed by atoms with Crippen LogP contribution in [-0.4, -0.2) is 19.2 Å². The Morgan fingerprint density at radius 3 is 2.78 bits per heavy atom. The van der Waals surface area contributed by atoms with E-state index in [0.717, 1.165) is 11.3 Å². The maximum atomic E-state index is 12.4. The number of hydrogen-bond donors (Lipinski definition) is 0. The van der Waals surface area contributed by atoms with Crippen molar-refractivity contribution in [1.29, 1.82) is 0 Å². The molecular formula is C17H14N4O2. The fraction of sp³-hybridized carbons (Fsp3) is 0.118. The van der Waals surface area contributed by atoms with E-state index in [1.807, 2.05) is 37.3 Å². The lowest BCUT2D eigenvalue weighted by molar-refractivity contribution is 0.537. The number of benzene rings is 1. The molecule has 0 aliphatic rings. The van der Waals surface area contributed by atoms with Gasteiger partial charge in [0, 0.05) is 18.0 Å². The Labute approximate surface area is 131 Å². The smallest absolute Gasteiger partial charge is 0.276 e. The van der Waals surface area contributed by atoms with E-state index in [0.29, 0.717) is 23.7 Å². The SMILES string of the molecule is Cc1oc(-c2ccccc2)nc1Cn1ccn2nccc2c1=O. The Bertz CT molecular complexity index is 1030. The summed E-state index contributed by atoms with van der Waals surface area (Å²) in [5, 5.41) is 4.06. The summed E-state index contributed by atoms with van der Waals surface area (Å²) in [7, 11) is 0. The van der Waals surface area contributed by atoms with Crippen LogP contribution in [0.4, 0.5) is 0 Å². The summed E-state index contributed by atoms with van der Waals surface area (Å²) in [4.78, 5) is 17.0.